The summed E-state index contributed by atoms with van der Waals surface area (Å²) in [6.07, 6.45) is 2.38. The molecule has 0 spiro atoms. The van der Waals surface area contributed by atoms with Crippen molar-refractivity contribution in [1.82, 2.24) is 15.1 Å². The summed E-state index contributed by atoms with van der Waals surface area (Å²) in [5, 5.41) is 2.66. The first-order chi connectivity index (χ1) is 8.09. The minimum atomic E-state index is -0.244. The number of nitrogens with one attached hydrogen (secondary N) is 1. The van der Waals surface area contributed by atoms with Gasteiger partial charge in [-0.1, -0.05) is 6.92 Å². The van der Waals surface area contributed by atoms with E-state index in [1.165, 1.54) is 11.3 Å². The van der Waals surface area contributed by atoms with Gasteiger partial charge in [-0.2, -0.15) is 0 Å². The molecule has 1 N–H and O–H groups in total. The fourth-order valence-corrected chi connectivity index (χ4v) is 2.64. The van der Waals surface area contributed by atoms with Crippen molar-refractivity contribution in [1.29, 1.82) is 0 Å². The van der Waals surface area contributed by atoms with Gasteiger partial charge in [-0.3, -0.25) is 14.6 Å². The highest BCUT2D eigenvalue weighted by Crippen LogP contribution is 2.18. The molecule has 2 saturated heterocycles. The number of imide groups is 1. The molecule has 0 unspecified atom stereocenters. The summed E-state index contributed by atoms with van der Waals surface area (Å²) in [4.78, 5) is 27.2. The predicted octanol–water partition coefficient (Wildman–Crippen LogP) is 0.659. The van der Waals surface area contributed by atoms with Crippen LogP contribution in [0.5, 0.6) is 0 Å². The first kappa shape index (κ1) is 12.4. The molecule has 2 atom stereocenters. The van der Waals surface area contributed by atoms with Crippen molar-refractivity contribution in [2.45, 2.75) is 32.7 Å². The summed E-state index contributed by atoms with van der Waals surface area (Å²) in [6.45, 7) is 7.13. The quantitative estimate of drug-likeness (QED) is 0.770. The molecule has 3 amide bonds. The van der Waals surface area contributed by atoms with Gasteiger partial charge in [0.15, 0.2) is 0 Å². The van der Waals surface area contributed by atoms with E-state index in [1.807, 2.05) is 6.92 Å². The molecular weight excluding hydrogens is 218 g/mol. The summed E-state index contributed by atoms with van der Waals surface area (Å²) >= 11 is 0. The normalized spacial score (nSPS) is 28.0. The molecule has 0 saturated carbocycles. The molecule has 17 heavy (non-hydrogen) atoms. The number of nitrogens with zero attached hydrogens (tertiary/aromatic N) is 2. The maximum atomic E-state index is 12.2. The molecule has 5 nitrogen and oxygen atoms in total. The molecule has 2 rings (SSSR count). The Bertz CT molecular complexity index is 319. The zero-order valence-corrected chi connectivity index (χ0v) is 10.6. The molecule has 0 bridgehead atoms. The van der Waals surface area contributed by atoms with Crippen LogP contribution < -0.4 is 5.32 Å². The maximum Gasteiger partial charge on any atom is 0.324 e. The SMILES string of the molecule is C[C@@H]1CCCN([C@@H](C)C(=O)N2CCNC2=O)C1. The molecule has 0 aromatic rings. The largest absolute Gasteiger partial charge is 0.336 e. The van der Waals surface area contributed by atoms with Crippen molar-refractivity contribution in [2.24, 2.45) is 5.92 Å². The van der Waals surface area contributed by atoms with E-state index in [-0.39, 0.29) is 18.0 Å². The lowest BCUT2D eigenvalue weighted by Gasteiger charge is -2.35. The highest BCUT2D eigenvalue weighted by atomic mass is 16.2. The fraction of sp³-hybridized carbons (Fsp3) is 0.833. The monoisotopic (exact) mass is 239 g/mol. The zero-order chi connectivity index (χ0) is 12.4. The first-order valence-electron chi connectivity index (χ1n) is 6.43. The summed E-state index contributed by atoms with van der Waals surface area (Å²) < 4.78 is 0. The van der Waals surface area contributed by atoms with Gasteiger partial charge in [0.05, 0.1) is 6.04 Å². The number of piperidine rings is 1. The molecule has 0 aliphatic carbocycles. The van der Waals surface area contributed by atoms with Gasteiger partial charge in [0.25, 0.3) is 0 Å². The van der Waals surface area contributed by atoms with Crippen LogP contribution >= 0.6 is 0 Å². The van der Waals surface area contributed by atoms with Crippen LogP contribution in [0.4, 0.5) is 4.79 Å². The Morgan fingerprint density at radius 1 is 1.47 bits per heavy atom. The van der Waals surface area contributed by atoms with E-state index in [0.717, 1.165) is 19.5 Å². The lowest BCUT2D eigenvalue weighted by Crippen LogP contribution is -2.50. The minimum absolute atomic E-state index is 0.0610. The van der Waals surface area contributed by atoms with Crippen molar-refractivity contribution in [3.05, 3.63) is 0 Å². The van der Waals surface area contributed by atoms with Crippen molar-refractivity contribution in [3.8, 4) is 0 Å². The van der Waals surface area contributed by atoms with Gasteiger partial charge in [-0.25, -0.2) is 4.79 Å². The number of hydrogen-bond acceptors (Lipinski definition) is 3. The van der Waals surface area contributed by atoms with Gasteiger partial charge < -0.3 is 5.32 Å². The summed E-state index contributed by atoms with van der Waals surface area (Å²) in [6, 6.07) is -0.423. The highest BCUT2D eigenvalue weighted by molar-refractivity contribution is 5.98. The lowest BCUT2D eigenvalue weighted by atomic mass is 9.99. The second-order valence-corrected chi connectivity index (χ2v) is 5.14. The van der Waals surface area contributed by atoms with Crippen LogP contribution in [0.25, 0.3) is 0 Å². The van der Waals surface area contributed by atoms with Gasteiger partial charge >= 0.3 is 6.03 Å². The van der Waals surface area contributed by atoms with E-state index in [0.29, 0.717) is 19.0 Å². The lowest BCUT2D eigenvalue weighted by molar-refractivity contribution is -0.133. The van der Waals surface area contributed by atoms with E-state index in [1.54, 1.807) is 0 Å². The Morgan fingerprint density at radius 2 is 2.24 bits per heavy atom. The van der Waals surface area contributed by atoms with Crippen LogP contribution in [-0.4, -0.2) is 54.0 Å². The fourth-order valence-electron chi connectivity index (χ4n) is 2.64. The first-order valence-corrected chi connectivity index (χ1v) is 6.43. The van der Waals surface area contributed by atoms with E-state index < -0.39 is 0 Å². The highest BCUT2D eigenvalue weighted by Gasteiger charge is 2.33. The average molecular weight is 239 g/mol. The van der Waals surface area contributed by atoms with E-state index in [4.69, 9.17) is 0 Å². The topological polar surface area (TPSA) is 52.7 Å². The number of carbonyl (C=O) groups excluding carboxylic acids is 2. The van der Waals surface area contributed by atoms with Crippen molar-refractivity contribution < 1.29 is 9.59 Å². The predicted molar refractivity (Wildman–Crippen MR) is 64.5 cm³/mol. The van der Waals surface area contributed by atoms with Gasteiger partial charge in [0, 0.05) is 19.6 Å². The Kier molecular flexibility index (Phi) is 3.66. The third-order valence-electron chi connectivity index (χ3n) is 3.72. The Balaban J connectivity index is 1.96. The number of hydrogen-bond donors (Lipinski definition) is 1. The van der Waals surface area contributed by atoms with Crippen LogP contribution in [0, 0.1) is 5.92 Å². The summed E-state index contributed by atoms with van der Waals surface area (Å²) in [5.41, 5.74) is 0. The molecule has 2 heterocycles. The molecule has 0 radical (unpaired) electrons. The Labute approximate surface area is 102 Å². The number of likely N-dealkylation sites (tertiary alicyclic amines) is 1. The Morgan fingerprint density at radius 3 is 2.82 bits per heavy atom. The molecule has 2 aliphatic rings. The van der Waals surface area contributed by atoms with Gasteiger partial charge in [0.1, 0.15) is 0 Å². The molecule has 2 aliphatic heterocycles. The van der Waals surface area contributed by atoms with Crippen LogP contribution in [0.3, 0.4) is 0 Å². The van der Waals surface area contributed by atoms with Gasteiger partial charge in [-0.15, -0.1) is 0 Å². The van der Waals surface area contributed by atoms with Crippen LogP contribution in [0.15, 0.2) is 0 Å². The third kappa shape index (κ3) is 2.60. The Hall–Kier alpha value is -1.10. The van der Waals surface area contributed by atoms with Crippen molar-refractivity contribution in [3.63, 3.8) is 0 Å². The van der Waals surface area contributed by atoms with Gasteiger partial charge in [0.2, 0.25) is 5.91 Å². The number of rotatable bonds is 2. The molecule has 0 aromatic carbocycles. The summed E-state index contributed by atoms with van der Waals surface area (Å²) in [7, 11) is 0. The number of carbonyl (C=O) groups is 2. The minimum Gasteiger partial charge on any atom is -0.336 e. The van der Waals surface area contributed by atoms with Crippen LogP contribution in [0.1, 0.15) is 26.7 Å². The van der Waals surface area contributed by atoms with E-state index in [9.17, 15) is 9.59 Å². The molecule has 5 heteroatoms. The molecule has 96 valence electrons. The van der Waals surface area contributed by atoms with E-state index >= 15 is 0 Å². The molecular formula is C12H21N3O2. The zero-order valence-electron chi connectivity index (χ0n) is 10.6. The van der Waals surface area contributed by atoms with Crippen LogP contribution in [0.2, 0.25) is 0 Å². The second kappa shape index (κ2) is 5.04. The number of urea groups is 1. The number of amides is 3. The second-order valence-electron chi connectivity index (χ2n) is 5.14. The van der Waals surface area contributed by atoms with Gasteiger partial charge in [-0.05, 0) is 32.2 Å². The average Bonchev–Trinajstić information content (AvgIpc) is 2.73. The van der Waals surface area contributed by atoms with E-state index in [2.05, 4.69) is 17.1 Å². The van der Waals surface area contributed by atoms with Crippen molar-refractivity contribution in [2.75, 3.05) is 26.2 Å². The third-order valence-corrected chi connectivity index (χ3v) is 3.72. The molecule has 2 fully saturated rings. The maximum absolute atomic E-state index is 12.2. The smallest absolute Gasteiger partial charge is 0.324 e. The van der Waals surface area contributed by atoms with Crippen LogP contribution in [-0.2, 0) is 4.79 Å². The van der Waals surface area contributed by atoms with Crippen molar-refractivity contribution >= 4 is 11.9 Å². The molecule has 0 aromatic heterocycles. The standard InChI is InChI=1S/C12H21N3O2/c1-9-4-3-6-14(8-9)10(2)11(16)15-7-5-13-12(15)17/h9-10H,3-8H2,1-2H3,(H,13,17)/t9-,10+/m1/s1. The summed E-state index contributed by atoms with van der Waals surface area (Å²) in [5.74, 6) is 0.584.